The predicted octanol–water partition coefficient (Wildman–Crippen LogP) is 1.28. The minimum Gasteiger partial charge on any atom is -0.382 e. The number of nitrogens with two attached hydrogens (primary N) is 1. The molecule has 0 spiro atoms. The molecule has 2 aromatic rings. The van der Waals surface area contributed by atoms with Crippen LogP contribution in [0, 0.1) is 6.92 Å². The molecule has 0 bridgehead atoms. The maximum atomic E-state index is 6.02. The molecule has 6 nitrogen and oxygen atoms in total. The van der Waals surface area contributed by atoms with Crippen molar-refractivity contribution in [3.8, 4) is 11.3 Å². The van der Waals surface area contributed by atoms with Crippen molar-refractivity contribution in [2.75, 3.05) is 17.7 Å². The van der Waals surface area contributed by atoms with Gasteiger partial charge >= 0.3 is 0 Å². The lowest BCUT2D eigenvalue weighted by molar-refractivity contribution is 0.625. The lowest BCUT2D eigenvalue weighted by Gasteiger charge is -2.33. The number of hydrogen-bond acceptors (Lipinski definition) is 5. The number of nitrogens with zero attached hydrogens (tertiary/aromatic N) is 5. The van der Waals surface area contributed by atoms with E-state index in [9.17, 15) is 0 Å². The summed E-state index contributed by atoms with van der Waals surface area (Å²) in [7, 11) is 3.85. The van der Waals surface area contributed by atoms with Crippen LogP contribution in [0.25, 0.3) is 11.3 Å². The molecule has 2 N–H and O–H groups in total. The van der Waals surface area contributed by atoms with Gasteiger partial charge in [-0.2, -0.15) is 15.0 Å². The van der Waals surface area contributed by atoms with E-state index in [-0.39, 0.29) is 6.04 Å². The number of anilines is 2. The third kappa shape index (κ3) is 1.25. The summed E-state index contributed by atoms with van der Waals surface area (Å²) in [4.78, 5) is 7.96. The summed E-state index contributed by atoms with van der Waals surface area (Å²) in [5, 5.41) is 8.93. The monoisotopic (exact) mass is 244 g/mol. The van der Waals surface area contributed by atoms with Gasteiger partial charge in [-0.15, -0.1) is 0 Å². The van der Waals surface area contributed by atoms with E-state index >= 15 is 0 Å². The van der Waals surface area contributed by atoms with Gasteiger partial charge in [-0.25, -0.2) is 4.98 Å². The number of pyridine rings is 1. The lowest BCUT2D eigenvalue weighted by Crippen LogP contribution is -2.28. The smallest absolute Gasteiger partial charge is 0.147 e. The number of rotatable bonds is 0. The molecule has 0 fully saturated rings. The molecule has 0 aromatic carbocycles. The first-order valence-electron chi connectivity index (χ1n) is 5.90. The Morgan fingerprint density at radius 2 is 2.00 bits per heavy atom. The van der Waals surface area contributed by atoms with E-state index in [0.717, 1.165) is 28.2 Å². The Hall–Kier alpha value is -2.11. The molecular formula is C12H16N6. The average molecular weight is 244 g/mol. The van der Waals surface area contributed by atoms with Crippen LogP contribution in [0.15, 0.2) is 6.20 Å². The highest BCUT2D eigenvalue weighted by atomic mass is 15.5. The topological polar surface area (TPSA) is 72.9 Å². The Bertz CT molecular complexity index is 630. The van der Waals surface area contributed by atoms with Crippen LogP contribution in [0.4, 0.5) is 11.5 Å². The molecule has 1 unspecified atom stereocenters. The number of aromatic nitrogens is 4. The fraction of sp³-hybridized carbons (Fsp3) is 0.417. The van der Waals surface area contributed by atoms with Crippen molar-refractivity contribution in [3.63, 3.8) is 0 Å². The summed E-state index contributed by atoms with van der Waals surface area (Å²) >= 11 is 0. The van der Waals surface area contributed by atoms with E-state index in [1.54, 1.807) is 11.0 Å². The summed E-state index contributed by atoms with van der Waals surface area (Å²) < 4.78 is 0. The second-order valence-electron chi connectivity index (χ2n) is 4.76. The fourth-order valence-corrected chi connectivity index (χ4v) is 2.52. The largest absolute Gasteiger partial charge is 0.382 e. The molecule has 18 heavy (non-hydrogen) atoms. The Kier molecular flexibility index (Phi) is 2.10. The Balaban J connectivity index is 2.40. The SMILES string of the molecule is Cc1cnc(N)c2c1-c1nn(C)nc1C(C)N2C. The van der Waals surface area contributed by atoms with Crippen molar-refractivity contribution in [2.45, 2.75) is 19.9 Å². The first-order chi connectivity index (χ1) is 8.50. The average Bonchev–Trinajstić information content (AvgIpc) is 2.71. The van der Waals surface area contributed by atoms with Crippen LogP contribution in [-0.4, -0.2) is 27.0 Å². The second kappa shape index (κ2) is 3.44. The van der Waals surface area contributed by atoms with E-state index < -0.39 is 0 Å². The maximum absolute atomic E-state index is 6.02. The van der Waals surface area contributed by atoms with E-state index in [0.29, 0.717) is 5.82 Å². The zero-order valence-electron chi connectivity index (χ0n) is 11.0. The molecule has 0 saturated carbocycles. The Labute approximate surface area is 105 Å². The number of nitrogen functional groups attached to an aromatic ring is 1. The molecule has 94 valence electrons. The van der Waals surface area contributed by atoms with Crippen molar-refractivity contribution in [1.29, 1.82) is 0 Å². The molecule has 0 saturated heterocycles. The second-order valence-corrected chi connectivity index (χ2v) is 4.76. The molecule has 3 heterocycles. The van der Waals surface area contributed by atoms with Gasteiger partial charge in [0.15, 0.2) is 0 Å². The summed E-state index contributed by atoms with van der Waals surface area (Å²) in [6.07, 6.45) is 1.79. The normalized spacial score (nSPS) is 17.6. The third-order valence-corrected chi connectivity index (χ3v) is 3.58. The number of hydrogen-bond donors (Lipinski definition) is 1. The van der Waals surface area contributed by atoms with Crippen LogP contribution < -0.4 is 10.6 Å². The van der Waals surface area contributed by atoms with Crippen LogP contribution in [0.5, 0.6) is 0 Å². The first-order valence-corrected chi connectivity index (χ1v) is 5.90. The molecular weight excluding hydrogens is 228 g/mol. The van der Waals surface area contributed by atoms with Crippen molar-refractivity contribution in [3.05, 3.63) is 17.5 Å². The minimum atomic E-state index is 0.145. The Morgan fingerprint density at radius 1 is 1.28 bits per heavy atom. The third-order valence-electron chi connectivity index (χ3n) is 3.58. The highest BCUT2D eigenvalue weighted by Crippen LogP contribution is 2.45. The van der Waals surface area contributed by atoms with Crippen molar-refractivity contribution < 1.29 is 0 Å². The number of fused-ring (bicyclic) bond motifs is 3. The molecule has 1 aliphatic rings. The molecule has 0 amide bonds. The highest BCUT2D eigenvalue weighted by Gasteiger charge is 2.32. The molecule has 3 rings (SSSR count). The van der Waals surface area contributed by atoms with Gasteiger partial charge in [0, 0.05) is 25.9 Å². The van der Waals surface area contributed by atoms with Crippen molar-refractivity contribution in [1.82, 2.24) is 20.0 Å². The van der Waals surface area contributed by atoms with Gasteiger partial charge in [-0.3, -0.25) is 0 Å². The van der Waals surface area contributed by atoms with Crippen LogP contribution in [0.3, 0.4) is 0 Å². The summed E-state index contributed by atoms with van der Waals surface area (Å²) in [6.45, 7) is 4.12. The van der Waals surface area contributed by atoms with Gasteiger partial charge in [0.1, 0.15) is 17.2 Å². The summed E-state index contributed by atoms with van der Waals surface area (Å²) in [6, 6.07) is 0.145. The zero-order valence-corrected chi connectivity index (χ0v) is 11.0. The zero-order chi connectivity index (χ0) is 13.0. The lowest BCUT2D eigenvalue weighted by atomic mass is 9.95. The van der Waals surface area contributed by atoms with Gasteiger partial charge in [0.25, 0.3) is 0 Å². The van der Waals surface area contributed by atoms with E-state index in [4.69, 9.17) is 5.73 Å². The van der Waals surface area contributed by atoms with Crippen molar-refractivity contribution >= 4 is 11.5 Å². The molecule has 1 aliphatic heterocycles. The van der Waals surface area contributed by atoms with E-state index in [2.05, 4.69) is 27.0 Å². The van der Waals surface area contributed by atoms with Gasteiger partial charge < -0.3 is 10.6 Å². The van der Waals surface area contributed by atoms with Gasteiger partial charge in [0.2, 0.25) is 0 Å². The molecule has 2 aromatic heterocycles. The van der Waals surface area contributed by atoms with Gasteiger partial charge in [-0.05, 0) is 19.4 Å². The van der Waals surface area contributed by atoms with Crippen LogP contribution in [0.1, 0.15) is 24.2 Å². The Morgan fingerprint density at radius 3 is 2.72 bits per heavy atom. The van der Waals surface area contributed by atoms with Gasteiger partial charge in [0.05, 0.1) is 11.7 Å². The quantitative estimate of drug-likeness (QED) is 0.755. The standard InChI is InChI=1S/C12H16N6/c1-6-5-14-12(13)11-8(6)10-9(7(2)17(11)3)15-18(4)16-10/h5,7H,1-4H3,(H2,13,14). The number of aryl methyl sites for hydroxylation is 2. The molecule has 0 radical (unpaired) electrons. The molecule has 6 heteroatoms. The predicted molar refractivity (Wildman–Crippen MR) is 70.2 cm³/mol. The maximum Gasteiger partial charge on any atom is 0.147 e. The summed E-state index contributed by atoms with van der Waals surface area (Å²) in [5.74, 6) is 0.543. The van der Waals surface area contributed by atoms with Crippen molar-refractivity contribution in [2.24, 2.45) is 7.05 Å². The van der Waals surface area contributed by atoms with E-state index in [1.165, 1.54) is 0 Å². The van der Waals surface area contributed by atoms with E-state index in [1.807, 2.05) is 21.0 Å². The van der Waals surface area contributed by atoms with Crippen LogP contribution in [-0.2, 0) is 7.05 Å². The molecule has 1 atom stereocenters. The fourth-order valence-electron chi connectivity index (χ4n) is 2.52. The minimum absolute atomic E-state index is 0.145. The summed E-state index contributed by atoms with van der Waals surface area (Å²) in [5.41, 5.74) is 11.0. The molecule has 0 aliphatic carbocycles. The van der Waals surface area contributed by atoms with Crippen LogP contribution >= 0.6 is 0 Å². The van der Waals surface area contributed by atoms with Gasteiger partial charge in [-0.1, -0.05) is 0 Å². The van der Waals surface area contributed by atoms with Crippen LogP contribution in [0.2, 0.25) is 0 Å². The first kappa shape index (κ1) is 11.0. The highest BCUT2D eigenvalue weighted by molar-refractivity contribution is 5.89.